The Morgan fingerprint density at radius 2 is 2.53 bits per heavy atom. The van der Waals surface area contributed by atoms with Crippen LogP contribution < -0.4 is 5.73 Å². The second-order valence-corrected chi connectivity index (χ2v) is 4.49. The molecule has 15 heavy (non-hydrogen) atoms. The van der Waals surface area contributed by atoms with Crippen molar-refractivity contribution in [3.8, 4) is 0 Å². The maximum Gasteiger partial charge on any atom is 0.198 e. The van der Waals surface area contributed by atoms with Crippen LogP contribution in [0.15, 0.2) is 10.6 Å². The van der Waals surface area contributed by atoms with Gasteiger partial charge in [0, 0.05) is 24.9 Å². The van der Waals surface area contributed by atoms with Crippen LogP contribution in [0.1, 0.15) is 36.8 Å². The number of nitrogens with zero attached hydrogens (tertiary/aromatic N) is 2. The maximum atomic E-state index is 5.75. The Balaban J connectivity index is 2.07. The minimum absolute atomic E-state index is 0.269. The molecule has 0 aliphatic carbocycles. The fourth-order valence-corrected chi connectivity index (χ4v) is 1.97. The topological polar surface area (TPSA) is 55.3 Å². The second-order valence-electron chi connectivity index (χ2n) is 4.49. The third-order valence-electron chi connectivity index (χ3n) is 3.12. The molecule has 0 aromatic carbocycles. The molecule has 1 fully saturated rings. The van der Waals surface area contributed by atoms with E-state index in [-0.39, 0.29) is 5.92 Å². The van der Waals surface area contributed by atoms with Crippen molar-refractivity contribution >= 4 is 0 Å². The number of oxazole rings is 1. The van der Waals surface area contributed by atoms with Gasteiger partial charge in [-0.25, -0.2) is 4.98 Å². The molecule has 1 aliphatic rings. The van der Waals surface area contributed by atoms with Gasteiger partial charge < -0.3 is 15.1 Å². The van der Waals surface area contributed by atoms with Gasteiger partial charge >= 0.3 is 0 Å². The van der Waals surface area contributed by atoms with Crippen molar-refractivity contribution in [2.75, 3.05) is 26.7 Å². The van der Waals surface area contributed by atoms with Crippen LogP contribution >= 0.6 is 0 Å². The zero-order valence-electron chi connectivity index (χ0n) is 9.44. The summed E-state index contributed by atoms with van der Waals surface area (Å²) in [5, 5.41) is 0. The first kappa shape index (κ1) is 10.6. The zero-order chi connectivity index (χ0) is 10.8. The Bertz CT molecular complexity index is 323. The van der Waals surface area contributed by atoms with Gasteiger partial charge in [0.2, 0.25) is 0 Å². The number of hydrogen-bond donors (Lipinski definition) is 1. The van der Waals surface area contributed by atoms with Gasteiger partial charge in [0.05, 0.1) is 6.20 Å². The molecule has 2 rings (SSSR count). The third kappa shape index (κ3) is 2.21. The van der Waals surface area contributed by atoms with Gasteiger partial charge in [-0.2, -0.15) is 0 Å². The van der Waals surface area contributed by atoms with E-state index < -0.39 is 0 Å². The number of aromatic nitrogens is 1. The van der Waals surface area contributed by atoms with E-state index in [1.165, 1.54) is 0 Å². The third-order valence-corrected chi connectivity index (χ3v) is 3.12. The van der Waals surface area contributed by atoms with Gasteiger partial charge in [-0.15, -0.1) is 0 Å². The van der Waals surface area contributed by atoms with Crippen LogP contribution in [0, 0.1) is 0 Å². The summed E-state index contributed by atoms with van der Waals surface area (Å²) < 4.78 is 5.75. The van der Waals surface area contributed by atoms with E-state index in [0.717, 1.165) is 31.2 Å². The van der Waals surface area contributed by atoms with Crippen LogP contribution in [0.2, 0.25) is 0 Å². The first-order chi connectivity index (χ1) is 7.20. The van der Waals surface area contributed by atoms with Gasteiger partial charge in [-0.3, -0.25) is 0 Å². The summed E-state index contributed by atoms with van der Waals surface area (Å²) in [5.74, 6) is 2.54. The molecule has 1 aromatic rings. The van der Waals surface area contributed by atoms with Crippen molar-refractivity contribution in [2.45, 2.75) is 25.2 Å². The number of hydrogen-bond acceptors (Lipinski definition) is 4. The molecule has 0 radical (unpaired) electrons. The average Bonchev–Trinajstić information content (AvgIpc) is 2.84. The number of nitrogens with two attached hydrogens (primary N) is 1. The lowest BCUT2D eigenvalue weighted by Gasteiger charge is -2.07. The lowest BCUT2D eigenvalue weighted by Crippen LogP contribution is -2.13. The molecule has 2 unspecified atom stereocenters. The summed E-state index contributed by atoms with van der Waals surface area (Å²) >= 11 is 0. The second kappa shape index (κ2) is 4.33. The van der Waals surface area contributed by atoms with Crippen molar-refractivity contribution in [3.63, 3.8) is 0 Å². The van der Waals surface area contributed by atoms with E-state index in [1.807, 2.05) is 6.20 Å². The van der Waals surface area contributed by atoms with Crippen LogP contribution in [0.5, 0.6) is 0 Å². The molecule has 0 amide bonds. The molecule has 1 aliphatic heterocycles. The van der Waals surface area contributed by atoms with Crippen LogP contribution in [-0.2, 0) is 0 Å². The Hall–Kier alpha value is -0.870. The Morgan fingerprint density at radius 1 is 1.73 bits per heavy atom. The summed E-state index contributed by atoms with van der Waals surface area (Å²) in [6.07, 6.45) is 2.97. The predicted molar refractivity (Wildman–Crippen MR) is 58.8 cm³/mol. The summed E-state index contributed by atoms with van der Waals surface area (Å²) in [6.45, 7) is 4.86. The number of rotatable bonds is 3. The molecule has 0 saturated carbocycles. The highest BCUT2D eigenvalue weighted by molar-refractivity contribution is 5.05. The van der Waals surface area contributed by atoms with Crippen molar-refractivity contribution in [1.29, 1.82) is 0 Å². The largest absolute Gasteiger partial charge is 0.445 e. The molecule has 0 bridgehead atoms. The molecule has 1 saturated heterocycles. The Morgan fingerprint density at radius 3 is 3.13 bits per heavy atom. The van der Waals surface area contributed by atoms with E-state index in [2.05, 4.69) is 23.9 Å². The average molecular weight is 209 g/mol. The molecule has 2 heterocycles. The minimum atomic E-state index is 0.269. The molecule has 2 N–H and O–H groups in total. The fraction of sp³-hybridized carbons (Fsp3) is 0.727. The molecular formula is C11H19N3O. The minimum Gasteiger partial charge on any atom is -0.445 e. The smallest absolute Gasteiger partial charge is 0.198 e. The van der Waals surface area contributed by atoms with Crippen molar-refractivity contribution < 1.29 is 4.42 Å². The first-order valence-electron chi connectivity index (χ1n) is 5.55. The van der Waals surface area contributed by atoms with E-state index in [4.69, 9.17) is 10.2 Å². The zero-order valence-corrected chi connectivity index (χ0v) is 9.44. The van der Waals surface area contributed by atoms with Crippen LogP contribution in [-0.4, -0.2) is 36.6 Å². The number of likely N-dealkylation sites (N-methyl/N-ethyl adjacent to an activating group) is 1. The van der Waals surface area contributed by atoms with Gasteiger partial charge in [0.1, 0.15) is 5.76 Å². The van der Waals surface area contributed by atoms with Gasteiger partial charge in [-0.1, -0.05) is 6.92 Å². The normalized spacial score (nSPS) is 24.6. The van der Waals surface area contributed by atoms with Crippen molar-refractivity contribution in [3.05, 3.63) is 17.8 Å². The fourth-order valence-electron chi connectivity index (χ4n) is 1.97. The van der Waals surface area contributed by atoms with Gasteiger partial charge in [0.15, 0.2) is 5.89 Å². The van der Waals surface area contributed by atoms with Crippen molar-refractivity contribution in [2.24, 2.45) is 5.73 Å². The molecule has 84 valence electrons. The van der Waals surface area contributed by atoms with Crippen LogP contribution in [0.25, 0.3) is 0 Å². The molecule has 0 spiro atoms. The lowest BCUT2D eigenvalue weighted by molar-refractivity contribution is 0.377. The van der Waals surface area contributed by atoms with Crippen molar-refractivity contribution in [1.82, 2.24) is 9.88 Å². The molecule has 4 heteroatoms. The van der Waals surface area contributed by atoms with E-state index in [1.54, 1.807) is 0 Å². The predicted octanol–water partition coefficient (Wildman–Crippen LogP) is 1.16. The summed E-state index contributed by atoms with van der Waals surface area (Å²) in [7, 11) is 2.13. The van der Waals surface area contributed by atoms with Gasteiger partial charge in [-0.05, 0) is 20.0 Å². The highest BCUT2D eigenvalue weighted by Gasteiger charge is 2.25. The summed E-state index contributed by atoms with van der Waals surface area (Å²) in [5.41, 5.74) is 5.59. The highest BCUT2D eigenvalue weighted by Crippen LogP contribution is 2.27. The first-order valence-corrected chi connectivity index (χ1v) is 5.55. The van der Waals surface area contributed by atoms with Gasteiger partial charge in [0.25, 0.3) is 0 Å². The molecule has 2 atom stereocenters. The van der Waals surface area contributed by atoms with Crippen LogP contribution in [0.3, 0.4) is 0 Å². The van der Waals surface area contributed by atoms with Crippen LogP contribution in [0.4, 0.5) is 0 Å². The molecule has 1 aromatic heterocycles. The SMILES string of the molecule is CC(CN)c1cnc(C2CCN(C)C2)o1. The Kier molecular flexibility index (Phi) is 3.07. The van der Waals surface area contributed by atoms with E-state index >= 15 is 0 Å². The summed E-state index contributed by atoms with van der Waals surface area (Å²) in [6, 6.07) is 0. The highest BCUT2D eigenvalue weighted by atomic mass is 16.4. The number of likely N-dealkylation sites (tertiary alicyclic amines) is 1. The molecular weight excluding hydrogens is 190 g/mol. The quantitative estimate of drug-likeness (QED) is 0.811. The maximum absolute atomic E-state index is 5.75. The van der Waals surface area contributed by atoms with E-state index in [0.29, 0.717) is 12.5 Å². The molecule has 4 nitrogen and oxygen atoms in total. The standard InChI is InChI=1S/C11H19N3O/c1-8(5-12)10-6-13-11(15-10)9-3-4-14(2)7-9/h6,8-9H,3-5,7,12H2,1-2H3. The monoisotopic (exact) mass is 209 g/mol. The Labute approximate surface area is 90.5 Å². The summed E-state index contributed by atoms with van der Waals surface area (Å²) in [4.78, 5) is 6.66. The van der Waals surface area contributed by atoms with E-state index in [9.17, 15) is 0 Å². The lowest BCUT2D eigenvalue weighted by atomic mass is 10.1.